The number of hydrogen-bond acceptors (Lipinski definition) is 3. The molecule has 2 heterocycles. The summed E-state index contributed by atoms with van der Waals surface area (Å²) in [7, 11) is 0. The quantitative estimate of drug-likeness (QED) is 0.292. The number of thiophene rings is 1. The van der Waals surface area contributed by atoms with E-state index in [1.807, 2.05) is 36.5 Å². The topological polar surface area (TPSA) is 46.4 Å². The summed E-state index contributed by atoms with van der Waals surface area (Å²) < 4.78 is 2.31. The average molecular weight is 482 g/mol. The highest BCUT2D eigenvalue weighted by molar-refractivity contribution is 7.16. The summed E-state index contributed by atoms with van der Waals surface area (Å²) in [6, 6.07) is 18.3. The van der Waals surface area contributed by atoms with Gasteiger partial charge in [-0.1, -0.05) is 36.4 Å². The number of fused-ring (bicyclic) bond motifs is 1. The number of aryl methyl sites for hydroxylation is 4. The summed E-state index contributed by atoms with van der Waals surface area (Å²) in [5.41, 5.74) is 9.87. The predicted molar refractivity (Wildman–Crippen MR) is 147 cm³/mol. The summed E-state index contributed by atoms with van der Waals surface area (Å²) in [6.45, 7) is 8.59. The van der Waals surface area contributed by atoms with Gasteiger partial charge in [-0.2, -0.15) is 0 Å². The van der Waals surface area contributed by atoms with Gasteiger partial charge in [0.1, 0.15) is 5.00 Å². The molecule has 35 heavy (non-hydrogen) atoms. The van der Waals surface area contributed by atoms with Gasteiger partial charge < -0.3 is 9.88 Å². The van der Waals surface area contributed by atoms with Gasteiger partial charge in [-0.3, -0.25) is 4.79 Å². The van der Waals surface area contributed by atoms with Crippen molar-refractivity contribution in [2.75, 3.05) is 5.32 Å². The number of rotatable bonds is 5. The molecule has 5 rings (SSSR count). The SMILES string of the molecule is Cc1cccc(C)c1-n1c(C)cc(/C=N/c2sc3c(c2C(=O)Nc2ccccc2)CCCC3)c1C. The van der Waals surface area contributed by atoms with Gasteiger partial charge in [0.2, 0.25) is 0 Å². The Morgan fingerprint density at radius 3 is 2.43 bits per heavy atom. The molecule has 1 aliphatic rings. The molecule has 0 fully saturated rings. The van der Waals surface area contributed by atoms with Gasteiger partial charge in [0.15, 0.2) is 0 Å². The van der Waals surface area contributed by atoms with Gasteiger partial charge in [0.25, 0.3) is 5.91 Å². The van der Waals surface area contributed by atoms with E-state index in [-0.39, 0.29) is 5.91 Å². The summed E-state index contributed by atoms with van der Waals surface area (Å²) in [5.74, 6) is -0.0660. The average Bonchev–Trinajstić information content (AvgIpc) is 3.35. The van der Waals surface area contributed by atoms with Gasteiger partial charge in [-0.25, -0.2) is 4.99 Å². The van der Waals surface area contributed by atoms with Crippen LogP contribution in [0.25, 0.3) is 5.69 Å². The fraction of sp³-hybridized carbons (Fsp3) is 0.267. The highest BCUT2D eigenvalue weighted by Gasteiger charge is 2.25. The number of nitrogens with zero attached hydrogens (tertiary/aromatic N) is 2. The molecule has 1 amide bonds. The Labute approximate surface area is 211 Å². The Morgan fingerprint density at radius 2 is 1.69 bits per heavy atom. The molecule has 1 aliphatic carbocycles. The molecular formula is C30H31N3OS. The minimum atomic E-state index is -0.0660. The molecule has 0 radical (unpaired) electrons. The van der Waals surface area contributed by atoms with E-state index < -0.39 is 0 Å². The molecular weight excluding hydrogens is 450 g/mol. The van der Waals surface area contributed by atoms with Crippen molar-refractivity contribution < 1.29 is 4.79 Å². The second-order valence-electron chi connectivity index (χ2n) is 9.37. The van der Waals surface area contributed by atoms with E-state index in [0.29, 0.717) is 0 Å². The van der Waals surface area contributed by atoms with Crippen LogP contribution in [0.15, 0.2) is 59.6 Å². The van der Waals surface area contributed by atoms with Crippen molar-refractivity contribution >= 4 is 34.1 Å². The van der Waals surface area contributed by atoms with Crippen LogP contribution in [0.2, 0.25) is 0 Å². The fourth-order valence-electron chi connectivity index (χ4n) is 5.14. The third-order valence-corrected chi connectivity index (χ3v) is 8.07. The Balaban J connectivity index is 1.52. The lowest BCUT2D eigenvalue weighted by Gasteiger charge is -2.15. The number of carbonyl (C=O) groups is 1. The van der Waals surface area contributed by atoms with Crippen LogP contribution in [0, 0.1) is 27.7 Å². The molecule has 0 bridgehead atoms. The van der Waals surface area contributed by atoms with E-state index in [0.717, 1.165) is 46.8 Å². The zero-order valence-corrected chi connectivity index (χ0v) is 21.6. The number of aliphatic imine (C=N–C) groups is 1. The minimum Gasteiger partial charge on any atom is -0.322 e. The normalized spacial score (nSPS) is 13.3. The van der Waals surface area contributed by atoms with Crippen molar-refractivity contribution in [1.29, 1.82) is 0 Å². The first kappa shape index (κ1) is 23.3. The van der Waals surface area contributed by atoms with E-state index in [4.69, 9.17) is 4.99 Å². The van der Waals surface area contributed by atoms with Crippen molar-refractivity contribution in [3.05, 3.63) is 98.7 Å². The number of para-hydroxylation sites is 2. The molecule has 0 unspecified atom stereocenters. The fourth-order valence-corrected chi connectivity index (χ4v) is 6.37. The first-order valence-corrected chi connectivity index (χ1v) is 13.1. The molecule has 1 N–H and O–H groups in total. The van der Waals surface area contributed by atoms with E-state index in [2.05, 4.69) is 61.8 Å². The predicted octanol–water partition coefficient (Wildman–Crippen LogP) is 7.65. The first-order valence-electron chi connectivity index (χ1n) is 12.2. The van der Waals surface area contributed by atoms with Crippen LogP contribution in [0.5, 0.6) is 0 Å². The summed E-state index contributed by atoms with van der Waals surface area (Å²) in [5, 5.41) is 3.89. The largest absolute Gasteiger partial charge is 0.322 e. The second kappa shape index (κ2) is 9.67. The van der Waals surface area contributed by atoms with E-state index in [9.17, 15) is 4.79 Å². The van der Waals surface area contributed by atoms with Gasteiger partial charge >= 0.3 is 0 Å². The number of benzene rings is 2. The first-order chi connectivity index (χ1) is 16.9. The van der Waals surface area contributed by atoms with Crippen molar-refractivity contribution in [3.8, 4) is 5.69 Å². The zero-order chi connectivity index (χ0) is 24.5. The van der Waals surface area contributed by atoms with Crippen molar-refractivity contribution in [2.24, 2.45) is 4.99 Å². The van der Waals surface area contributed by atoms with Crippen LogP contribution < -0.4 is 5.32 Å². The molecule has 4 aromatic rings. The Hall–Kier alpha value is -3.44. The van der Waals surface area contributed by atoms with Crippen LogP contribution in [0.4, 0.5) is 10.7 Å². The smallest absolute Gasteiger partial charge is 0.259 e. The molecule has 0 atom stereocenters. The van der Waals surface area contributed by atoms with E-state index in [1.165, 1.54) is 39.4 Å². The molecule has 5 heteroatoms. The Morgan fingerprint density at radius 1 is 0.971 bits per heavy atom. The molecule has 0 aliphatic heterocycles. The standard InChI is InChI=1S/C30H31N3OS/c1-19-11-10-12-20(2)28(19)33-21(3)17-23(22(33)4)18-31-30-27(25-15-8-9-16-26(25)35-30)29(34)32-24-13-6-5-7-14-24/h5-7,10-14,17-18H,8-9,15-16H2,1-4H3,(H,32,34)/b31-18+. The maximum Gasteiger partial charge on any atom is 0.259 e. The second-order valence-corrected chi connectivity index (χ2v) is 10.5. The third kappa shape index (κ3) is 4.48. The highest BCUT2D eigenvalue weighted by atomic mass is 32.1. The van der Waals surface area contributed by atoms with Gasteiger partial charge in [0, 0.05) is 33.7 Å². The zero-order valence-electron chi connectivity index (χ0n) is 20.8. The molecule has 4 nitrogen and oxygen atoms in total. The van der Waals surface area contributed by atoms with Crippen molar-refractivity contribution in [1.82, 2.24) is 4.57 Å². The number of anilines is 1. The van der Waals surface area contributed by atoms with Crippen LogP contribution in [-0.4, -0.2) is 16.7 Å². The van der Waals surface area contributed by atoms with Crippen LogP contribution in [-0.2, 0) is 12.8 Å². The molecule has 0 saturated carbocycles. The summed E-state index contributed by atoms with van der Waals surface area (Å²) in [4.78, 5) is 19.6. The maximum atomic E-state index is 13.4. The lowest BCUT2D eigenvalue weighted by molar-refractivity contribution is 0.102. The highest BCUT2D eigenvalue weighted by Crippen LogP contribution is 2.40. The maximum absolute atomic E-state index is 13.4. The Kier molecular flexibility index (Phi) is 6.44. The van der Waals surface area contributed by atoms with Gasteiger partial charge in [-0.05, 0) is 88.3 Å². The lowest BCUT2D eigenvalue weighted by atomic mass is 9.95. The number of nitrogens with one attached hydrogen (secondary N) is 1. The van der Waals surface area contributed by atoms with E-state index >= 15 is 0 Å². The van der Waals surface area contributed by atoms with Gasteiger partial charge in [-0.15, -0.1) is 11.3 Å². The van der Waals surface area contributed by atoms with Crippen molar-refractivity contribution in [2.45, 2.75) is 53.4 Å². The molecule has 178 valence electrons. The molecule has 0 spiro atoms. The number of hydrogen-bond donors (Lipinski definition) is 1. The van der Waals surface area contributed by atoms with Gasteiger partial charge in [0.05, 0.1) is 11.3 Å². The van der Waals surface area contributed by atoms with Crippen LogP contribution in [0.3, 0.4) is 0 Å². The number of amides is 1. The Bertz CT molecular complexity index is 1410. The molecule has 0 saturated heterocycles. The van der Waals surface area contributed by atoms with Crippen molar-refractivity contribution in [3.63, 3.8) is 0 Å². The van der Waals surface area contributed by atoms with Crippen LogP contribution in [0.1, 0.15) is 61.7 Å². The number of carbonyl (C=O) groups excluding carboxylic acids is 1. The molecule has 2 aromatic carbocycles. The summed E-state index contributed by atoms with van der Waals surface area (Å²) in [6.07, 6.45) is 6.20. The summed E-state index contributed by atoms with van der Waals surface area (Å²) >= 11 is 1.67. The minimum absolute atomic E-state index is 0.0660. The lowest BCUT2D eigenvalue weighted by Crippen LogP contribution is -2.14. The van der Waals surface area contributed by atoms with Crippen LogP contribution >= 0.6 is 11.3 Å². The third-order valence-electron chi connectivity index (χ3n) is 6.87. The van der Waals surface area contributed by atoms with E-state index in [1.54, 1.807) is 11.3 Å². The number of aromatic nitrogens is 1. The molecule has 2 aromatic heterocycles. The monoisotopic (exact) mass is 481 g/mol.